The lowest BCUT2D eigenvalue weighted by Gasteiger charge is -2.19. The molecule has 2 rings (SSSR count). The second kappa shape index (κ2) is 5.77. The third-order valence-electron chi connectivity index (χ3n) is 2.69. The predicted octanol–water partition coefficient (Wildman–Crippen LogP) is 1.76. The van der Waals surface area contributed by atoms with Gasteiger partial charge in [0, 0.05) is 25.7 Å². The first kappa shape index (κ1) is 12.8. The minimum atomic E-state index is -1.03. The highest BCUT2D eigenvalue weighted by molar-refractivity contribution is 5.70. The second-order valence-electron chi connectivity index (χ2n) is 4.03. The minimum absolute atomic E-state index is 0.0103. The van der Waals surface area contributed by atoms with Crippen LogP contribution in [-0.2, 0) is 0 Å². The van der Waals surface area contributed by atoms with Crippen molar-refractivity contribution in [2.45, 2.75) is 6.42 Å². The van der Waals surface area contributed by atoms with E-state index in [-0.39, 0.29) is 5.75 Å². The standard InChI is InChI=1S/C12H14F2N2O2/c13-10-3-2-9(8-11(10)14)18-12(17)16-6-1-4-15-5-7-16/h2-3,8,15H,1,4-7H2. The van der Waals surface area contributed by atoms with Gasteiger partial charge in [-0.1, -0.05) is 0 Å². The van der Waals surface area contributed by atoms with Gasteiger partial charge in [0.2, 0.25) is 0 Å². The van der Waals surface area contributed by atoms with E-state index in [0.29, 0.717) is 19.6 Å². The monoisotopic (exact) mass is 256 g/mol. The van der Waals surface area contributed by atoms with E-state index in [2.05, 4.69) is 5.32 Å². The Bertz CT molecular complexity index is 432. The Labute approximate surface area is 104 Å². The Morgan fingerprint density at radius 3 is 2.83 bits per heavy atom. The van der Waals surface area contributed by atoms with E-state index in [0.717, 1.165) is 25.1 Å². The Hall–Kier alpha value is -1.69. The maximum absolute atomic E-state index is 12.9. The lowest BCUT2D eigenvalue weighted by molar-refractivity contribution is 0.155. The number of hydrogen-bond acceptors (Lipinski definition) is 3. The molecule has 1 N–H and O–H groups in total. The average Bonchev–Trinajstić information content (AvgIpc) is 2.62. The topological polar surface area (TPSA) is 41.6 Å². The highest BCUT2D eigenvalue weighted by Gasteiger charge is 2.17. The Morgan fingerprint density at radius 2 is 2.06 bits per heavy atom. The molecule has 0 aromatic heterocycles. The van der Waals surface area contributed by atoms with Crippen LogP contribution in [0.4, 0.5) is 13.6 Å². The van der Waals surface area contributed by atoms with Crippen LogP contribution in [0, 0.1) is 11.6 Å². The summed E-state index contributed by atoms with van der Waals surface area (Å²) in [5, 5.41) is 3.15. The number of ether oxygens (including phenoxy) is 1. The Balaban J connectivity index is 1.99. The minimum Gasteiger partial charge on any atom is -0.410 e. The summed E-state index contributed by atoms with van der Waals surface area (Å²) in [5.41, 5.74) is 0. The SMILES string of the molecule is O=C(Oc1ccc(F)c(F)c1)N1CCCNCC1. The third-order valence-corrected chi connectivity index (χ3v) is 2.69. The van der Waals surface area contributed by atoms with Crippen molar-refractivity contribution in [2.24, 2.45) is 0 Å². The molecular formula is C12H14F2N2O2. The fourth-order valence-corrected chi connectivity index (χ4v) is 1.73. The van der Waals surface area contributed by atoms with Gasteiger partial charge in [-0.2, -0.15) is 0 Å². The van der Waals surface area contributed by atoms with Crippen LogP contribution in [-0.4, -0.2) is 37.2 Å². The summed E-state index contributed by atoms with van der Waals surface area (Å²) in [4.78, 5) is 13.3. The van der Waals surface area contributed by atoms with Gasteiger partial charge < -0.3 is 15.0 Å². The van der Waals surface area contributed by atoms with Crippen LogP contribution in [0.3, 0.4) is 0 Å². The number of carbonyl (C=O) groups is 1. The highest BCUT2D eigenvalue weighted by atomic mass is 19.2. The van der Waals surface area contributed by atoms with Crippen molar-refractivity contribution < 1.29 is 18.3 Å². The lowest BCUT2D eigenvalue weighted by Crippen LogP contribution is -2.36. The summed E-state index contributed by atoms with van der Waals surface area (Å²) in [7, 11) is 0. The molecule has 0 aliphatic carbocycles. The van der Waals surface area contributed by atoms with Crippen molar-refractivity contribution in [3.8, 4) is 5.75 Å². The molecule has 1 aliphatic heterocycles. The lowest BCUT2D eigenvalue weighted by atomic mass is 10.3. The molecule has 1 aliphatic rings. The normalized spacial score (nSPS) is 16.2. The number of nitrogens with one attached hydrogen (secondary N) is 1. The molecule has 98 valence electrons. The zero-order valence-corrected chi connectivity index (χ0v) is 9.79. The molecule has 0 unspecified atom stereocenters. The number of halogens is 2. The summed E-state index contributed by atoms with van der Waals surface area (Å²) in [6.07, 6.45) is 0.303. The van der Waals surface area contributed by atoms with E-state index in [9.17, 15) is 13.6 Å². The second-order valence-corrected chi connectivity index (χ2v) is 4.03. The van der Waals surface area contributed by atoms with Gasteiger partial charge in [-0.25, -0.2) is 13.6 Å². The summed E-state index contributed by atoms with van der Waals surface area (Å²) in [6.45, 7) is 2.69. The highest BCUT2D eigenvalue weighted by Crippen LogP contribution is 2.16. The van der Waals surface area contributed by atoms with Gasteiger partial charge in [0.15, 0.2) is 11.6 Å². The van der Waals surface area contributed by atoms with Crippen molar-refractivity contribution in [3.63, 3.8) is 0 Å². The third kappa shape index (κ3) is 3.16. The first-order valence-corrected chi connectivity index (χ1v) is 5.79. The van der Waals surface area contributed by atoms with Gasteiger partial charge in [-0.15, -0.1) is 0 Å². The van der Waals surface area contributed by atoms with Crippen molar-refractivity contribution >= 4 is 6.09 Å². The van der Waals surface area contributed by atoms with Gasteiger partial charge >= 0.3 is 6.09 Å². The van der Waals surface area contributed by atoms with E-state index in [1.165, 1.54) is 6.07 Å². The smallest absolute Gasteiger partial charge is 0.410 e. The van der Waals surface area contributed by atoms with Gasteiger partial charge in [0.05, 0.1) is 0 Å². The van der Waals surface area contributed by atoms with Crippen LogP contribution in [0.15, 0.2) is 18.2 Å². The molecule has 6 heteroatoms. The molecular weight excluding hydrogens is 242 g/mol. The van der Waals surface area contributed by atoms with Crippen molar-refractivity contribution in [1.82, 2.24) is 10.2 Å². The molecule has 1 amide bonds. The van der Waals surface area contributed by atoms with E-state index >= 15 is 0 Å². The molecule has 0 atom stereocenters. The molecule has 1 heterocycles. The van der Waals surface area contributed by atoms with E-state index < -0.39 is 17.7 Å². The molecule has 4 nitrogen and oxygen atoms in total. The molecule has 18 heavy (non-hydrogen) atoms. The fraction of sp³-hybridized carbons (Fsp3) is 0.417. The summed E-state index contributed by atoms with van der Waals surface area (Å²) in [6, 6.07) is 3.03. The van der Waals surface area contributed by atoms with E-state index in [1.54, 1.807) is 4.90 Å². The van der Waals surface area contributed by atoms with Gasteiger partial charge in [0.1, 0.15) is 5.75 Å². The van der Waals surface area contributed by atoms with Gasteiger partial charge in [-0.05, 0) is 25.1 Å². The fourth-order valence-electron chi connectivity index (χ4n) is 1.73. The number of amides is 1. The van der Waals surface area contributed by atoms with Crippen LogP contribution in [0.2, 0.25) is 0 Å². The summed E-state index contributed by atoms with van der Waals surface area (Å²) in [5.74, 6) is -1.98. The Kier molecular flexibility index (Phi) is 4.09. The molecule has 1 aromatic rings. The quantitative estimate of drug-likeness (QED) is 0.832. The predicted molar refractivity (Wildman–Crippen MR) is 61.4 cm³/mol. The van der Waals surface area contributed by atoms with Crippen molar-refractivity contribution in [3.05, 3.63) is 29.8 Å². The molecule has 0 bridgehead atoms. The van der Waals surface area contributed by atoms with Gasteiger partial charge in [0.25, 0.3) is 0 Å². The average molecular weight is 256 g/mol. The zero-order chi connectivity index (χ0) is 13.0. The van der Waals surface area contributed by atoms with Crippen LogP contribution in [0.25, 0.3) is 0 Å². The first-order valence-electron chi connectivity index (χ1n) is 5.79. The zero-order valence-electron chi connectivity index (χ0n) is 9.79. The maximum atomic E-state index is 12.9. The molecule has 1 aromatic carbocycles. The summed E-state index contributed by atoms with van der Waals surface area (Å²) < 4.78 is 30.7. The Morgan fingerprint density at radius 1 is 1.22 bits per heavy atom. The number of rotatable bonds is 1. The van der Waals surface area contributed by atoms with Crippen LogP contribution >= 0.6 is 0 Å². The van der Waals surface area contributed by atoms with E-state index in [1.807, 2.05) is 0 Å². The molecule has 0 radical (unpaired) electrons. The van der Waals surface area contributed by atoms with Crippen LogP contribution < -0.4 is 10.1 Å². The number of nitrogens with zero attached hydrogens (tertiary/aromatic N) is 1. The maximum Gasteiger partial charge on any atom is 0.415 e. The molecule has 1 fully saturated rings. The van der Waals surface area contributed by atoms with Crippen LogP contribution in [0.1, 0.15) is 6.42 Å². The molecule has 0 saturated carbocycles. The number of carbonyl (C=O) groups excluding carboxylic acids is 1. The van der Waals surface area contributed by atoms with Gasteiger partial charge in [-0.3, -0.25) is 0 Å². The molecule has 1 saturated heterocycles. The number of hydrogen-bond donors (Lipinski definition) is 1. The van der Waals surface area contributed by atoms with Crippen LogP contribution in [0.5, 0.6) is 5.75 Å². The first-order chi connectivity index (χ1) is 8.66. The van der Waals surface area contributed by atoms with Crippen molar-refractivity contribution in [2.75, 3.05) is 26.2 Å². The van der Waals surface area contributed by atoms with Crippen molar-refractivity contribution in [1.29, 1.82) is 0 Å². The summed E-state index contributed by atoms with van der Waals surface area (Å²) >= 11 is 0. The number of benzene rings is 1. The largest absolute Gasteiger partial charge is 0.415 e. The molecule has 0 spiro atoms. The van der Waals surface area contributed by atoms with E-state index in [4.69, 9.17) is 4.74 Å².